The van der Waals surface area contributed by atoms with Gasteiger partial charge >= 0.3 is 0 Å². The first-order valence-corrected chi connectivity index (χ1v) is 13.0. The summed E-state index contributed by atoms with van der Waals surface area (Å²) in [6.07, 6.45) is 2.12. The minimum Gasteiger partial charge on any atom is -0.381 e. The Balaban J connectivity index is 1.11. The number of morpholine rings is 1. The molecule has 3 saturated heterocycles. The molecule has 3 fully saturated rings. The van der Waals surface area contributed by atoms with Crippen LogP contribution in [0.25, 0.3) is 0 Å². The number of amides is 2. The predicted octanol–water partition coefficient (Wildman–Crippen LogP) is 2.06. The van der Waals surface area contributed by atoms with E-state index in [0.717, 1.165) is 64.6 Å². The summed E-state index contributed by atoms with van der Waals surface area (Å²) >= 11 is 1.30. The smallest absolute Gasteiger partial charge is 0.231 e. The number of rotatable bonds is 8. The third kappa shape index (κ3) is 6.42. The van der Waals surface area contributed by atoms with Crippen LogP contribution >= 0.6 is 11.3 Å². The number of benzene rings is 1. The first kappa shape index (κ1) is 24.3. The van der Waals surface area contributed by atoms with Crippen molar-refractivity contribution in [1.82, 2.24) is 15.1 Å². The van der Waals surface area contributed by atoms with E-state index in [1.165, 1.54) is 16.9 Å². The molecular formula is C24H31N5O5S. The number of carbonyl (C=O) groups excluding carboxylic acids is 2. The molecule has 0 spiro atoms. The van der Waals surface area contributed by atoms with E-state index in [4.69, 9.17) is 14.2 Å². The highest BCUT2D eigenvalue weighted by Gasteiger charge is 2.35. The Morgan fingerprint density at radius 3 is 2.60 bits per heavy atom. The second kappa shape index (κ2) is 11.5. The van der Waals surface area contributed by atoms with Crippen LogP contribution in [-0.2, 0) is 37.0 Å². The van der Waals surface area contributed by atoms with E-state index in [1.54, 1.807) is 4.90 Å². The summed E-state index contributed by atoms with van der Waals surface area (Å²) in [5.74, 6) is -0.687. The van der Waals surface area contributed by atoms with E-state index in [-0.39, 0.29) is 24.3 Å². The quantitative estimate of drug-likeness (QED) is 0.586. The number of hydrogen-bond donors (Lipinski definition) is 1. The maximum atomic E-state index is 12.8. The third-order valence-corrected chi connectivity index (χ3v) is 7.37. The zero-order valence-corrected chi connectivity index (χ0v) is 20.5. The Bertz CT molecular complexity index is 1000. The zero-order valence-electron chi connectivity index (χ0n) is 19.7. The van der Waals surface area contributed by atoms with Gasteiger partial charge in [0.1, 0.15) is 11.6 Å². The molecule has 11 heteroatoms. The summed E-state index contributed by atoms with van der Waals surface area (Å²) in [7, 11) is 0. The fourth-order valence-electron chi connectivity index (χ4n) is 4.53. The fraction of sp³-hybridized carbons (Fsp3) is 0.583. The number of hydrogen-bond acceptors (Lipinski definition) is 9. The molecule has 1 unspecified atom stereocenters. The van der Waals surface area contributed by atoms with Crippen molar-refractivity contribution in [2.45, 2.75) is 38.5 Å². The van der Waals surface area contributed by atoms with E-state index >= 15 is 0 Å². The van der Waals surface area contributed by atoms with Gasteiger partial charge in [-0.2, -0.15) is 0 Å². The second-order valence-corrected chi connectivity index (χ2v) is 10.1. The molecule has 188 valence electrons. The van der Waals surface area contributed by atoms with E-state index in [9.17, 15) is 9.59 Å². The van der Waals surface area contributed by atoms with Gasteiger partial charge in [-0.3, -0.25) is 14.5 Å². The van der Waals surface area contributed by atoms with Crippen LogP contribution in [0.3, 0.4) is 0 Å². The number of ether oxygens (including phenoxy) is 3. The lowest BCUT2D eigenvalue weighted by atomic mass is 10.1. The van der Waals surface area contributed by atoms with Crippen LogP contribution in [-0.4, -0.2) is 79.1 Å². The monoisotopic (exact) mass is 501 g/mol. The van der Waals surface area contributed by atoms with Crippen molar-refractivity contribution in [3.8, 4) is 0 Å². The van der Waals surface area contributed by atoms with Gasteiger partial charge in [0, 0.05) is 51.5 Å². The van der Waals surface area contributed by atoms with Gasteiger partial charge in [-0.25, -0.2) is 0 Å². The Morgan fingerprint density at radius 1 is 1.09 bits per heavy atom. The first-order chi connectivity index (χ1) is 17.1. The molecular weight excluding hydrogens is 470 g/mol. The third-order valence-electron chi connectivity index (χ3n) is 6.56. The van der Waals surface area contributed by atoms with E-state index in [2.05, 4.69) is 32.5 Å². The number of anilines is 2. The highest BCUT2D eigenvalue weighted by Crippen LogP contribution is 2.27. The lowest BCUT2D eigenvalue weighted by molar-refractivity contribution is -0.122. The fourth-order valence-corrected chi connectivity index (χ4v) is 5.20. The molecule has 0 aliphatic carbocycles. The van der Waals surface area contributed by atoms with Gasteiger partial charge in [0.25, 0.3) is 0 Å². The molecule has 2 amide bonds. The van der Waals surface area contributed by atoms with Crippen LogP contribution in [0.15, 0.2) is 24.3 Å². The minimum absolute atomic E-state index is 0.0473. The van der Waals surface area contributed by atoms with Gasteiger partial charge in [-0.05, 0) is 30.5 Å². The standard InChI is InChI=1S/C24H31N5O5S/c30-22-13-18(15-29(22)19-3-1-17(2-4-19)14-28-7-11-33-12-8-28)23(31)25-24-27-26-21(35-24)16-34-20-5-9-32-10-6-20/h1-4,18,20H,5-16H2,(H,25,27,31). The van der Waals surface area contributed by atoms with Crippen LogP contribution in [0.2, 0.25) is 0 Å². The van der Waals surface area contributed by atoms with Crippen molar-refractivity contribution < 1.29 is 23.8 Å². The highest BCUT2D eigenvalue weighted by molar-refractivity contribution is 7.15. The van der Waals surface area contributed by atoms with Crippen LogP contribution in [0.5, 0.6) is 0 Å². The number of nitrogens with zero attached hydrogens (tertiary/aromatic N) is 4. The van der Waals surface area contributed by atoms with Crippen molar-refractivity contribution in [3.63, 3.8) is 0 Å². The normalized spacial score (nSPS) is 22.0. The maximum absolute atomic E-state index is 12.8. The van der Waals surface area contributed by atoms with Crippen molar-refractivity contribution >= 4 is 34.0 Å². The van der Waals surface area contributed by atoms with Crippen molar-refractivity contribution in [1.29, 1.82) is 0 Å². The number of nitrogens with one attached hydrogen (secondary N) is 1. The molecule has 1 N–H and O–H groups in total. The summed E-state index contributed by atoms with van der Waals surface area (Å²) < 4.78 is 16.6. The summed E-state index contributed by atoms with van der Waals surface area (Å²) in [5.41, 5.74) is 2.02. The molecule has 1 aromatic carbocycles. The largest absolute Gasteiger partial charge is 0.381 e. The van der Waals surface area contributed by atoms with Gasteiger partial charge in [-0.1, -0.05) is 23.5 Å². The van der Waals surface area contributed by atoms with Gasteiger partial charge in [0.05, 0.1) is 25.2 Å². The predicted molar refractivity (Wildman–Crippen MR) is 130 cm³/mol. The molecule has 1 aromatic heterocycles. The molecule has 3 aliphatic heterocycles. The lowest BCUT2D eigenvalue weighted by Gasteiger charge is -2.26. The van der Waals surface area contributed by atoms with Crippen molar-refractivity contribution in [2.75, 3.05) is 56.3 Å². The summed E-state index contributed by atoms with van der Waals surface area (Å²) in [5, 5.41) is 12.2. The molecule has 1 atom stereocenters. The molecule has 0 saturated carbocycles. The average molecular weight is 502 g/mol. The summed E-state index contributed by atoms with van der Waals surface area (Å²) in [4.78, 5) is 29.5. The maximum Gasteiger partial charge on any atom is 0.231 e. The zero-order chi connectivity index (χ0) is 24.0. The number of carbonyl (C=O) groups is 2. The van der Waals surface area contributed by atoms with Crippen LogP contribution < -0.4 is 10.2 Å². The minimum atomic E-state index is -0.429. The SMILES string of the molecule is O=C(Nc1nnc(COC2CCOCC2)s1)C1CC(=O)N(c2ccc(CN3CCOCC3)cc2)C1. The average Bonchev–Trinajstić information content (AvgIpc) is 3.51. The Kier molecular flexibility index (Phi) is 7.99. The molecule has 35 heavy (non-hydrogen) atoms. The Morgan fingerprint density at radius 2 is 1.83 bits per heavy atom. The second-order valence-electron chi connectivity index (χ2n) is 9.07. The number of aromatic nitrogens is 2. The van der Waals surface area contributed by atoms with Gasteiger partial charge in [0.15, 0.2) is 0 Å². The highest BCUT2D eigenvalue weighted by atomic mass is 32.1. The summed E-state index contributed by atoms with van der Waals surface area (Å²) in [6.45, 7) is 6.44. The molecule has 0 bridgehead atoms. The van der Waals surface area contributed by atoms with E-state index in [1.807, 2.05) is 12.1 Å². The first-order valence-electron chi connectivity index (χ1n) is 12.2. The van der Waals surface area contributed by atoms with E-state index < -0.39 is 5.92 Å². The van der Waals surface area contributed by atoms with E-state index in [0.29, 0.717) is 23.3 Å². The lowest BCUT2D eigenvalue weighted by Crippen LogP contribution is -2.35. The molecule has 0 radical (unpaired) electrons. The van der Waals surface area contributed by atoms with Crippen LogP contribution in [0.4, 0.5) is 10.8 Å². The molecule has 2 aromatic rings. The Hall–Kier alpha value is -2.44. The van der Waals surface area contributed by atoms with Crippen LogP contribution in [0, 0.1) is 5.92 Å². The topological polar surface area (TPSA) is 106 Å². The van der Waals surface area contributed by atoms with Crippen molar-refractivity contribution in [2.24, 2.45) is 5.92 Å². The molecule has 5 rings (SSSR count). The summed E-state index contributed by atoms with van der Waals surface area (Å²) in [6, 6.07) is 8.03. The Labute approximate surface area is 208 Å². The van der Waals surface area contributed by atoms with Gasteiger partial charge < -0.3 is 24.4 Å². The van der Waals surface area contributed by atoms with Crippen molar-refractivity contribution in [3.05, 3.63) is 34.8 Å². The van der Waals surface area contributed by atoms with Crippen LogP contribution in [0.1, 0.15) is 29.8 Å². The molecule has 10 nitrogen and oxygen atoms in total. The van der Waals surface area contributed by atoms with Gasteiger partial charge in [0.2, 0.25) is 16.9 Å². The molecule has 3 aliphatic rings. The molecule has 4 heterocycles. The van der Waals surface area contributed by atoms with Gasteiger partial charge in [-0.15, -0.1) is 10.2 Å².